The predicted molar refractivity (Wildman–Crippen MR) is 55.6 cm³/mol. The maximum atomic E-state index is 11.5. The van der Waals surface area contributed by atoms with E-state index in [1.54, 1.807) is 0 Å². The van der Waals surface area contributed by atoms with Crippen molar-refractivity contribution in [1.29, 1.82) is 0 Å². The number of rotatable bonds is 5. The van der Waals surface area contributed by atoms with Gasteiger partial charge in [0.25, 0.3) is 0 Å². The number of carbonyl (C=O) groups is 2. The third-order valence-electron chi connectivity index (χ3n) is 2.19. The molecule has 0 saturated carbocycles. The molecule has 0 unspecified atom stereocenters. The van der Waals surface area contributed by atoms with E-state index in [4.69, 9.17) is 5.73 Å². The van der Waals surface area contributed by atoms with E-state index in [2.05, 4.69) is 5.32 Å². The molecular weight excluding hydrogens is 180 g/mol. The molecule has 2 atom stereocenters. The molecule has 0 radical (unpaired) electrons. The lowest BCUT2D eigenvalue weighted by Crippen LogP contribution is -2.49. The van der Waals surface area contributed by atoms with Gasteiger partial charge < -0.3 is 15.8 Å². The van der Waals surface area contributed by atoms with Crippen LogP contribution < -0.4 is 11.1 Å². The molecule has 0 aromatic rings. The predicted octanol–water partition coefficient (Wildman–Crippen LogP) is 0.309. The first-order valence-corrected chi connectivity index (χ1v) is 4.91. The Morgan fingerprint density at radius 3 is 2.00 bits per heavy atom. The van der Waals surface area contributed by atoms with Gasteiger partial charge in [0, 0.05) is 0 Å². The topological polar surface area (TPSA) is 72.2 Å². The van der Waals surface area contributed by atoms with E-state index >= 15 is 0 Å². The Morgan fingerprint density at radius 1 is 1.21 bits per heavy atom. The Balaban J connectivity index is 4.22. The van der Waals surface area contributed by atoms with Gasteiger partial charge in [-0.2, -0.15) is 0 Å². The Labute approximate surface area is 85.2 Å². The molecule has 0 aromatic heterocycles. The van der Waals surface area contributed by atoms with Crippen LogP contribution in [0.25, 0.3) is 0 Å². The van der Waals surface area contributed by atoms with Gasteiger partial charge >= 0.3 is 0 Å². The lowest BCUT2D eigenvalue weighted by atomic mass is 10.0. The minimum Gasteiger partial charge on any atom is -0.345 e. The fourth-order valence-electron chi connectivity index (χ4n) is 0.921. The van der Waals surface area contributed by atoms with Crippen LogP contribution in [-0.2, 0) is 9.59 Å². The minimum atomic E-state index is -0.545. The summed E-state index contributed by atoms with van der Waals surface area (Å²) < 4.78 is 0. The van der Waals surface area contributed by atoms with Crippen LogP contribution in [0, 0.1) is 11.8 Å². The zero-order chi connectivity index (χ0) is 11.3. The van der Waals surface area contributed by atoms with Crippen molar-refractivity contribution in [2.75, 3.05) is 0 Å². The molecule has 3 N–H and O–H groups in total. The summed E-state index contributed by atoms with van der Waals surface area (Å²) in [6.45, 7) is 7.49. The summed E-state index contributed by atoms with van der Waals surface area (Å²) in [6, 6.07) is -0.983. The van der Waals surface area contributed by atoms with Crippen LogP contribution in [-0.4, -0.2) is 24.3 Å². The van der Waals surface area contributed by atoms with Crippen molar-refractivity contribution < 1.29 is 9.59 Å². The summed E-state index contributed by atoms with van der Waals surface area (Å²) in [7, 11) is 0. The zero-order valence-electron chi connectivity index (χ0n) is 9.28. The zero-order valence-corrected chi connectivity index (χ0v) is 9.28. The van der Waals surface area contributed by atoms with Crippen molar-refractivity contribution >= 4 is 12.2 Å². The van der Waals surface area contributed by atoms with Crippen molar-refractivity contribution in [3.05, 3.63) is 0 Å². The van der Waals surface area contributed by atoms with E-state index in [1.165, 1.54) is 0 Å². The van der Waals surface area contributed by atoms with Crippen molar-refractivity contribution in [3.63, 3.8) is 0 Å². The van der Waals surface area contributed by atoms with E-state index < -0.39 is 12.1 Å². The maximum Gasteiger partial charge on any atom is 0.237 e. The number of nitrogens with two attached hydrogens (primary N) is 1. The first kappa shape index (κ1) is 13.1. The molecule has 0 bridgehead atoms. The molecule has 0 rings (SSSR count). The number of nitrogens with one attached hydrogen (secondary N) is 1. The molecule has 1 amide bonds. The van der Waals surface area contributed by atoms with Crippen LogP contribution in [0.5, 0.6) is 0 Å². The lowest BCUT2D eigenvalue weighted by Gasteiger charge is -2.20. The third kappa shape index (κ3) is 3.87. The molecule has 0 aliphatic heterocycles. The van der Waals surface area contributed by atoms with Gasteiger partial charge in [0.2, 0.25) is 5.91 Å². The Hall–Kier alpha value is -0.900. The van der Waals surface area contributed by atoms with Gasteiger partial charge in [0.1, 0.15) is 6.29 Å². The minimum absolute atomic E-state index is 0.0782. The second kappa shape index (κ2) is 5.75. The molecule has 82 valence electrons. The van der Waals surface area contributed by atoms with Gasteiger partial charge in [-0.3, -0.25) is 4.79 Å². The third-order valence-corrected chi connectivity index (χ3v) is 2.19. The number of carbonyl (C=O) groups excluding carboxylic acids is 2. The summed E-state index contributed by atoms with van der Waals surface area (Å²) in [6.07, 6.45) is 0.746. The molecule has 0 aromatic carbocycles. The average Bonchev–Trinajstić information content (AvgIpc) is 2.11. The molecular formula is C10H20N2O2. The number of hydrogen-bond donors (Lipinski definition) is 2. The Kier molecular flexibility index (Phi) is 5.38. The molecule has 0 aliphatic carbocycles. The first-order valence-electron chi connectivity index (χ1n) is 4.91. The monoisotopic (exact) mass is 200 g/mol. The molecule has 0 heterocycles. The first-order chi connectivity index (χ1) is 6.40. The SMILES string of the molecule is CC(C)[C@@H](C=O)NC(=O)[C@H](N)C(C)C. The molecule has 0 spiro atoms. The Morgan fingerprint density at radius 2 is 1.71 bits per heavy atom. The fourth-order valence-corrected chi connectivity index (χ4v) is 0.921. The van der Waals surface area contributed by atoms with Gasteiger partial charge in [0.05, 0.1) is 12.1 Å². The fraction of sp³-hybridized carbons (Fsp3) is 0.800. The highest BCUT2D eigenvalue weighted by Gasteiger charge is 2.21. The van der Waals surface area contributed by atoms with Gasteiger partial charge in [-0.25, -0.2) is 0 Å². The normalized spacial score (nSPS) is 15.4. The van der Waals surface area contributed by atoms with Crippen LogP contribution in [0.15, 0.2) is 0 Å². The number of amides is 1. The molecule has 4 heteroatoms. The highest BCUT2D eigenvalue weighted by molar-refractivity contribution is 5.84. The van der Waals surface area contributed by atoms with E-state index in [0.29, 0.717) is 0 Å². The van der Waals surface area contributed by atoms with Crippen LogP contribution in [0.3, 0.4) is 0 Å². The largest absolute Gasteiger partial charge is 0.345 e. The summed E-state index contributed by atoms with van der Waals surface area (Å²) >= 11 is 0. The van der Waals surface area contributed by atoms with Gasteiger partial charge in [-0.15, -0.1) is 0 Å². The average molecular weight is 200 g/mol. The van der Waals surface area contributed by atoms with Crippen LogP contribution >= 0.6 is 0 Å². The van der Waals surface area contributed by atoms with Crippen LogP contribution in [0.2, 0.25) is 0 Å². The number of aldehydes is 1. The summed E-state index contributed by atoms with van der Waals surface area (Å²) in [5.41, 5.74) is 5.64. The molecule has 0 saturated heterocycles. The standard InChI is InChI=1S/C10H20N2O2/c1-6(2)8(5-13)12-10(14)9(11)7(3)4/h5-9H,11H2,1-4H3,(H,12,14)/t8-,9-/m1/s1. The van der Waals surface area contributed by atoms with Gasteiger partial charge in [-0.1, -0.05) is 27.7 Å². The Bertz CT molecular complexity index is 202. The second-order valence-electron chi connectivity index (χ2n) is 4.18. The maximum absolute atomic E-state index is 11.5. The highest BCUT2D eigenvalue weighted by Crippen LogP contribution is 2.02. The molecule has 4 nitrogen and oxygen atoms in total. The highest BCUT2D eigenvalue weighted by atomic mass is 16.2. The molecule has 14 heavy (non-hydrogen) atoms. The lowest BCUT2D eigenvalue weighted by molar-refractivity contribution is -0.126. The quantitative estimate of drug-likeness (QED) is 0.627. The second-order valence-corrected chi connectivity index (χ2v) is 4.18. The van der Waals surface area contributed by atoms with Gasteiger partial charge in [0.15, 0.2) is 0 Å². The van der Waals surface area contributed by atoms with E-state index in [1.807, 2.05) is 27.7 Å². The van der Waals surface area contributed by atoms with Crippen molar-refractivity contribution in [2.24, 2.45) is 17.6 Å². The summed E-state index contributed by atoms with van der Waals surface area (Å²) in [5, 5.41) is 2.62. The molecule has 0 aliphatic rings. The van der Waals surface area contributed by atoms with E-state index in [9.17, 15) is 9.59 Å². The summed E-state index contributed by atoms with van der Waals surface area (Å²) in [4.78, 5) is 22.1. The van der Waals surface area contributed by atoms with E-state index in [0.717, 1.165) is 6.29 Å². The van der Waals surface area contributed by atoms with Crippen LogP contribution in [0.4, 0.5) is 0 Å². The van der Waals surface area contributed by atoms with Crippen LogP contribution in [0.1, 0.15) is 27.7 Å². The van der Waals surface area contributed by atoms with Crippen molar-refractivity contribution in [2.45, 2.75) is 39.8 Å². The van der Waals surface area contributed by atoms with Gasteiger partial charge in [-0.05, 0) is 11.8 Å². The van der Waals surface area contributed by atoms with Crippen molar-refractivity contribution in [1.82, 2.24) is 5.32 Å². The summed E-state index contributed by atoms with van der Waals surface area (Å²) in [5.74, 6) is -0.0870. The smallest absolute Gasteiger partial charge is 0.237 e. The van der Waals surface area contributed by atoms with Crippen molar-refractivity contribution in [3.8, 4) is 0 Å². The number of hydrogen-bond acceptors (Lipinski definition) is 3. The molecule has 0 fully saturated rings. The van der Waals surface area contributed by atoms with E-state index in [-0.39, 0.29) is 17.7 Å².